The minimum absolute atomic E-state index is 0.191. The maximum absolute atomic E-state index is 10.8. The van der Waals surface area contributed by atoms with E-state index in [-0.39, 0.29) is 12.4 Å². The number of ether oxygens (including phenoxy) is 1. The molecule has 0 saturated carbocycles. The van der Waals surface area contributed by atoms with Gasteiger partial charge in [0.25, 0.3) is 0 Å². The second-order valence-corrected chi connectivity index (χ2v) is 6.27. The van der Waals surface area contributed by atoms with Gasteiger partial charge in [-0.15, -0.1) is 10.2 Å². The Hall–Kier alpha value is -2.80. The molecule has 1 heterocycles. The van der Waals surface area contributed by atoms with Crippen LogP contribution in [0.5, 0.6) is 5.75 Å². The summed E-state index contributed by atoms with van der Waals surface area (Å²) in [5.41, 5.74) is 1.98. The number of hydrogen-bond acceptors (Lipinski definition) is 6. The van der Waals surface area contributed by atoms with E-state index in [0.29, 0.717) is 11.0 Å². The average Bonchev–Trinajstić information content (AvgIpc) is 3.02. The molecule has 0 bridgehead atoms. The number of rotatable bonds is 7. The minimum atomic E-state index is -1.15. The Morgan fingerprint density at radius 1 is 1.12 bits per heavy atom. The molecule has 7 heteroatoms. The molecule has 0 N–H and O–H groups in total. The van der Waals surface area contributed by atoms with Gasteiger partial charge < -0.3 is 14.6 Å². The number of carboxylic acids is 1. The molecule has 0 aliphatic carbocycles. The number of carbonyl (C=O) groups excluding carboxylic acids is 1. The van der Waals surface area contributed by atoms with Crippen LogP contribution < -0.4 is 9.84 Å². The fourth-order valence-corrected chi connectivity index (χ4v) is 2.91. The summed E-state index contributed by atoms with van der Waals surface area (Å²) in [6.07, 6.45) is 0. The van der Waals surface area contributed by atoms with Crippen LogP contribution in [0.3, 0.4) is 0 Å². The van der Waals surface area contributed by atoms with Crippen LogP contribution >= 0.6 is 11.8 Å². The summed E-state index contributed by atoms with van der Waals surface area (Å²) in [4.78, 5) is 10.8. The zero-order valence-electron chi connectivity index (χ0n) is 13.6. The van der Waals surface area contributed by atoms with E-state index < -0.39 is 5.97 Å². The summed E-state index contributed by atoms with van der Waals surface area (Å²) in [5, 5.41) is 19.5. The van der Waals surface area contributed by atoms with E-state index in [0.717, 1.165) is 28.8 Å². The first-order valence-corrected chi connectivity index (χ1v) is 8.64. The molecule has 25 heavy (non-hydrogen) atoms. The van der Waals surface area contributed by atoms with Gasteiger partial charge in [-0.25, -0.2) is 0 Å². The number of hydrogen-bond donors (Lipinski definition) is 0. The number of thioether (sulfide) groups is 1. The van der Waals surface area contributed by atoms with Crippen LogP contribution in [-0.4, -0.2) is 26.5 Å². The average molecular weight is 354 g/mol. The van der Waals surface area contributed by atoms with Crippen LogP contribution in [0, 0.1) is 6.92 Å². The Morgan fingerprint density at radius 3 is 2.52 bits per heavy atom. The molecule has 0 radical (unpaired) electrons. The van der Waals surface area contributed by atoms with Crippen LogP contribution in [0.25, 0.3) is 5.69 Å². The molecular formula is C18H16N3O3S-. The van der Waals surface area contributed by atoms with E-state index in [4.69, 9.17) is 4.74 Å². The first-order valence-electron chi connectivity index (χ1n) is 7.65. The van der Waals surface area contributed by atoms with Crippen molar-refractivity contribution >= 4 is 17.7 Å². The Balaban J connectivity index is 1.88. The van der Waals surface area contributed by atoms with Gasteiger partial charge in [-0.05, 0) is 31.2 Å². The van der Waals surface area contributed by atoms with E-state index in [2.05, 4.69) is 10.2 Å². The molecule has 0 spiro atoms. The van der Waals surface area contributed by atoms with Crippen molar-refractivity contribution in [2.45, 2.75) is 18.7 Å². The van der Waals surface area contributed by atoms with Crippen LogP contribution in [0.15, 0.2) is 59.8 Å². The summed E-state index contributed by atoms with van der Waals surface area (Å²) in [6, 6.07) is 17.2. The molecule has 0 unspecified atom stereocenters. The monoisotopic (exact) mass is 354 g/mol. The second kappa shape index (κ2) is 7.85. The summed E-state index contributed by atoms with van der Waals surface area (Å²) in [5.74, 6) is -0.0206. The molecule has 0 atom stereocenters. The van der Waals surface area contributed by atoms with Crippen molar-refractivity contribution in [1.82, 2.24) is 14.8 Å². The fourth-order valence-electron chi connectivity index (χ4n) is 2.23. The number of aliphatic carboxylic acids is 1. The Kier molecular flexibility index (Phi) is 5.35. The number of carboxylic acid groups (broad SMARTS) is 1. The lowest BCUT2D eigenvalue weighted by Gasteiger charge is -2.11. The standard InChI is InChI=1S/C18H17N3O3S/c1-13-7-9-14(10-8-13)21-16(11-24-15-5-3-2-4-6-15)19-20-18(21)25-12-17(22)23/h2-10H,11-12H2,1H3,(H,22,23)/p-1. The predicted octanol–water partition coefficient (Wildman–Crippen LogP) is 2.00. The van der Waals surface area contributed by atoms with Gasteiger partial charge in [-0.3, -0.25) is 4.57 Å². The van der Waals surface area contributed by atoms with Crippen molar-refractivity contribution in [2.24, 2.45) is 0 Å². The highest BCUT2D eigenvalue weighted by molar-refractivity contribution is 7.99. The maximum atomic E-state index is 10.8. The largest absolute Gasteiger partial charge is 0.549 e. The van der Waals surface area contributed by atoms with Gasteiger partial charge in [-0.1, -0.05) is 47.7 Å². The topological polar surface area (TPSA) is 80.1 Å². The van der Waals surface area contributed by atoms with E-state index in [1.165, 1.54) is 0 Å². The molecule has 3 aromatic rings. The van der Waals surface area contributed by atoms with E-state index in [1.807, 2.05) is 61.5 Å². The third kappa shape index (κ3) is 4.39. The Bertz CT molecular complexity index is 848. The van der Waals surface area contributed by atoms with Gasteiger partial charge in [0, 0.05) is 11.4 Å². The van der Waals surface area contributed by atoms with E-state index in [1.54, 1.807) is 4.57 Å². The van der Waals surface area contributed by atoms with Crippen LogP contribution in [-0.2, 0) is 11.4 Å². The normalized spacial score (nSPS) is 10.6. The smallest absolute Gasteiger partial charge is 0.196 e. The molecule has 6 nitrogen and oxygen atoms in total. The molecule has 0 aliphatic rings. The molecule has 0 fully saturated rings. The highest BCUT2D eigenvalue weighted by Crippen LogP contribution is 2.23. The van der Waals surface area contributed by atoms with Crippen molar-refractivity contribution in [3.8, 4) is 11.4 Å². The van der Waals surface area contributed by atoms with Crippen LogP contribution in [0.4, 0.5) is 0 Å². The van der Waals surface area contributed by atoms with Gasteiger partial charge in [0.2, 0.25) is 0 Å². The lowest BCUT2D eigenvalue weighted by atomic mass is 10.2. The second-order valence-electron chi connectivity index (χ2n) is 5.33. The lowest BCUT2D eigenvalue weighted by Crippen LogP contribution is -2.24. The molecule has 3 rings (SSSR count). The molecule has 0 saturated heterocycles. The van der Waals surface area contributed by atoms with E-state index >= 15 is 0 Å². The Morgan fingerprint density at radius 2 is 1.84 bits per heavy atom. The summed E-state index contributed by atoms with van der Waals surface area (Å²) < 4.78 is 7.56. The van der Waals surface area contributed by atoms with E-state index in [9.17, 15) is 9.90 Å². The number of benzene rings is 2. The first-order chi connectivity index (χ1) is 12.1. The zero-order chi connectivity index (χ0) is 17.6. The van der Waals surface area contributed by atoms with Crippen LogP contribution in [0.1, 0.15) is 11.4 Å². The maximum Gasteiger partial charge on any atom is 0.196 e. The van der Waals surface area contributed by atoms with Gasteiger partial charge >= 0.3 is 0 Å². The number of carbonyl (C=O) groups is 1. The lowest BCUT2D eigenvalue weighted by molar-refractivity contribution is -0.301. The van der Waals surface area contributed by atoms with Gasteiger partial charge in [-0.2, -0.15) is 0 Å². The molecular weight excluding hydrogens is 338 g/mol. The first kappa shape index (κ1) is 17.0. The predicted molar refractivity (Wildman–Crippen MR) is 92.6 cm³/mol. The molecule has 128 valence electrons. The fraction of sp³-hybridized carbons (Fsp3) is 0.167. The third-order valence-electron chi connectivity index (χ3n) is 3.42. The van der Waals surface area contributed by atoms with Crippen molar-refractivity contribution in [2.75, 3.05) is 5.75 Å². The number of aryl methyl sites for hydroxylation is 1. The summed E-state index contributed by atoms with van der Waals surface area (Å²) in [7, 11) is 0. The third-order valence-corrected chi connectivity index (χ3v) is 4.33. The highest BCUT2D eigenvalue weighted by atomic mass is 32.2. The SMILES string of the molecule is Cc1ccc(-n2c(COc3ccccc3)nnc2SCC(=O)[O-])cc1. The van der Waals surface area contributed by atoms with Crippen LogP contribution in [0.2, 0.25) is 0 Å². The quantitative estimate of drug-likeness (QED) is 0.604. The molecule has 0 aliphatic heterocycles. The van der Waals surface area contributed by atoms with Gasteiger partial charge in [0.05, 0.1) is 5.97 Å². The zero-order valence-corrected chi connectivity index (χ0v) is 14.4. The number of nitrogens with zero attached hydrogens (tertiary/aromatic N) is 3. The molecule has 0 amide bonds. The summed E-state index contributed by atoms with van der Waals surface area (Å²) >= 11 is 1.07. The Labute approximate surface area is 149 Å². The van der Waals surface area contributed by atoms with Gasteiger partial charge in [0.1, 0.15) is 12.4 Å². The number of aromatic nitrogens is 3. The highest BCUT2D eigenvalue weighted by Gasteiger charge is 2.15. The van der Waals surface area contributed by atoms with Crippen molar-refractivity contribution in [3.05, 3.63) is 66.0 Å². The minimum Gasteiger partial charge on any atom is -0.549 e. The summed E-state index contributed by atoms with van der Waals surface area (Å²) in [6.45, 7) is 2.22. The molecule has 2 aromatic carbocycles. The van der Waals surface area contributed by atoms with Crippen molar-refractivity contribution in [1.29, 1.82) is 0 Å². The molecule has 1 aromatic heterocycles. The van der Waals surface area contributed by atoms with Crippen molar-refractivity contribution in [3.63, 3.8) is 0 Å². The van der Waals surface area contributed by atoms with Crippen molar-refractivity contribution < 1.29 is 14.6 Å². The van der Waals surface area contributed by atoms with Gasteiger partial charge in [0.15, 0.2) is 11.0 Å². The number of para-hydroxylation sites is 1.